The van der Waals surface area contributed by atoms with Crippen LogP contribution in [0.3, 0.4) is 0 Å². The number of benzene rings is 2. The molecule has 5 heteroatoms. The zero-order chi connectivity index (χ0) is 17.9. The molecule has 1 fully saturated rings. The summed E-state index contributed by atoms with van der Waals surface area (Å²) >= 11 is 0. The average Bonchev–Trinajstić information content (AvgIpc) is 2.91. The molecule has 2 aliphatic rings. The minimum Gasteiger partial charge on any atom is -0.370 e. The summed E-state index contributed by atoms with van der Waals surface area (Å²) in [5.41, 5.74) is 2.89. The Morgan fingerprint density at radius 3 is 2.69 bits per heavy atom. The number of hydrogen-bond donors (Lipinski definition) is 1. The number of hydrogen-bond acceptors (Lipinski definition) is 2. The third-order valence-corrected chi connectivity index (χ3v) is 5.42. The lowest BCUT2D eigenvalue weighted by Gasteiger charge is -2.25. The van der Waals surface area contributed by atoms with Crippen LogP contribution in [0.1, 0.15) is 30.0 Å². The summed E-state index contributed by atoms with van der Waals surface area (Å²) in [5.74, 6) is -0.160. The van der Waals surface area contributed by atoms with Crippen LogP contribution in [-0.4, -0.2) is 37.1 Å². The number of urea groups is 1. The van der Waals surface area contributed by atoms with Crippen molar-refractivity contribution in [2.24, 2.45) is 0 Å². The van der Waals surface area contributed by atoms with Crippen molar-refractivity contribution in [3.05, 3.63) is 65.5 Å². The van der Waals surface area contributed by atoms with E-state index >= 15 is 0 Å². The van der Waals surface area contributed by atoms with Gasteiger partial charge in [0, 0.05) is 31.9 Å². The van der Waals surface area contributed by atoms with Gasteiger partial charge in [-0.1, -0.05) is 30.3 Å². The van der Waals surface area contributed by atoms with Crippen LogP contribution in [0.5, 0.6) is 0 Å². The third kappa shape index (κ3) is 3.39. The van der Waals surface area contributed by atoms with Crippen molar-refractivity contribution in [3.63, 3.8) is 0 Å². The van der Waals surface area contributed by atoms with Crippen LogP contribution in [-0.2, 0) is 6.42 Å². The first-order chi connectivity index (χ1) is 12.7. The highest BCUT2D eigenvalue weighted by Gasteiger charge is 2.28. The van der Waals surface area contributed by atoms with Gasteiger partial charge in [-0.2, -0.15) is 0 Å². The maximum atomic E-state index is 13.9. The second kappa shape index (κ2) is 7.36. The van der Waals surface area contributed by atoms with Crippen LogP contribution in [0.25, 0.3) is 0 Å². The second-order valence-electron chi connectivity index (χ2n) is 7.01. The Bertz CT molecular complexity index is 780. The number of carbonyl (C=O) groups is 1. The number of para-hydroxylation sites is 1. The van der Waals surface area contributed by atoms with Gasteiger partial charge in [0.2, 0.25) is 0 Å². The van der Waals surface area contributed by atoms with E-state index in [0.717, 1.165) is 43.6 Å². The van der Waals surface area contributed by atoms with Crippen molar-refractivity contribution in [2.75, 3.05) is 31.1 Å². The van der Waals surface area contributed by atoms with Gasteiger partial charge < -0.3 is 15.1 Å². The minimum absolute atomic E-state index is 0.0398. The summed E-state index contributed by atoms with van der Waals surface area (Å²) in [6.07, 6.45) is 2.40. The lowest BCUT2D eigenvalue weighted by Crippen LogP contribution is -2.43. The lowest BCUT2D eigenvalue weighted by molar-refractivity contribution is 0.197. The van der Waals surface area contributed by atoms with Crippen molar-refractivity contribution in [2.45, 2.75) is 25.3 Å². The molecule has 1 unspecified atom stereocenters. The van der Waals surface area contributed by atoms with E-state index in [1.807, 2.05) is 29.2 Å². The van der Waals surface area contributed by atoms with Gasteiger partial charge >= 0.3 is 6.03 Å². The summed E-state index contributed by atoms with van der Waals surface area (Å²) in [6, 6.07) is 15.4. The molecule has 0 saturated carbocycles. The van der Waals surface area contributed by atoms with Crippen molar-refractivity contribution >= 4 is 11.7 Å². The van der Waals surface area contributed by atoms with Crippen LogP contribution in [0.15, 0.2) is 48.5 Å². The second-order valence-corrected chi connectivity index (χ2v) is 7.01. The molecule has 2 aromatic rings. The van der Waals surface area contributed by atoms with Gasteiger partial charge in [-0.15, -0.1) is 0 Å². The fourth-order valence-corrected chi connectivity index (χ4v) is 4.02. The van der Waals surface area contributed by atoms with Gasteiger partial charge in [0.15, 0.2) is 0 Å². The predicted molar refractivity (Wildman–Crippen MR) is 101 cm³/mol. The topological polar surface area (TPSA) is 35.6 Å². The molecule has 0 aromatic heterocycles. The van der Waals surface area contributed by atoms with Crippen molar-refractivity contribution in [1.82, 2.24) is 10.2 Å². The number of nitrogens with zero attached hydrogens (tertiary/aromatic N) is 2. The van der Waals surface area contributed by atoms with E-state index in [1.165, 1.54) is 11.8 Å². The highest BCUT2D eigenvalue weighted by Crippen LogP contribution is 2.32. The minimum atomic E-state index is -0.160. The van der Waals surface area contributed by atoms with Crippen molar-refractivity contribution < 1.29 is 9.18 Å². The zero-order valence-corrected chi connectivity index (χ0v) is 14.8. The van der Waals surface area contributed by atoms with E-state index in [0.29, 0.717) is 13.0 Å². The molecule has 0 radical (unpaired) electrons. The molecule has 1 aliphatic carbocycles. The number of anilines is 1. The van der Waals surface area contributed by atoms with E-state index in [9.17, 15) is 9.18 Å². The van der Waals surface area contributed by atoms with Crippen molar-refractivity contribution in [3.8, 4) is 0 Å². The average molecular weight is 353 g/mol. The normalized spacial score (nSPS) is 19.8. The van der Waals surface area contributed by atoms with E-state index in [-0.39, 0.29) is 17.9 Å². The Balaban J connectivity index is 1.38. The fraction of sp³-hybridized carbons (Fsp3) is 0.381. The van der Waals surface area contributed by atoms with Gasteiger partial charge in [0.1, 0.15) is 5.82 Å². The highest BCUT2D eigenvalue weighted by atomic mass is 19.1. The van der Waals surface area contributed by atoms with E-state index in [2.05, 4.69) is 22.3 Å². The summed E-state index contributed by atoms with van der Waals surface area (Å²) in [4.78, 5) is 17.0. The molecule has 136 valence electrons. The van der Waals surface area contributed by atoms with Gasteiger partial charge in [-0.3, -0.25) is 0 Å². The monoisotopic (exact) mass is 353 g/mol. The number of fused-ring (bicyclic) bond motifs is 1. The summed E-state index contributed by atoms with van der Waals surface area (Å²) in [6.45, 7) is 3.22. The molecule has 2 aromatic carbocycles. The zero-order valence-electron chi connectivity index (χ0n) is 14.8. The Morgan fingerprint density at radius 1 is 1.00 bits per heavy atom. The summed E-state index contributed by atoms with van der Waals surface area (Å²) in [7, 11) is 0. The Kier molecular flexibility index (Phi) is 4.78. The maximum Gasteiger partial charge on any atom is 0.317 e. The molecule has 1 aliphatic heterocycles. The van der Waals surface area contributed by atoms with Gasteiger partial charge in [-0.25, -0.2) is 9.18 Å². The standard InChI is InChI=1S/C21H24FN3O/c22-19-9-4-8-18-17(19)10-11-20(18)23-21(26)25-13-5-12-24(14-15-25)16-6-2-1-3-7-16/h1-4,6-9,20H,5,10-15H2,(H,23,26). The van der Waals surface area contributed by atoms with Crippen molar-refractivity contribution in [1.29, 1.82) is 0 Å². The summed E-state index contributed by atoms with van der Waals surface area (Å²) in [5, 5.41) is 3.12. The van der Waals surface area contributed by atoms with Crippen LogP contribution in [0.4, 0.5) is 14.9 Å². The molecule has 2 amide bonds. The van der Waals surface area contributed by atoms with Crippen LogP contribution < -0.4 is 10.2 Å². The first-order valence-electron chi connectivity index (χ1n) is 9.35. The smallest absolute Gasteiger partial charge is 0.317 e. The Morgan fingerprint density at radius 2 is 1.85 bits per heavy atom. The molecular weight excluding hydrogens is 329 g/mol. The van der Waals surface area contributed by atoms with Crippen LogP contribution in [0.2, 0.25) is 0 Å². The predicted octanol–water partition coefficient (Wildman–Crippen LogP) is 3.73. The first kappa shape index (κ1) is 16.9. The fourth-order valence-electron chi connectivity index (χ4n) is 4.02. The molecule has 1 saturated heterocycles. The SMILES string of the molecule is O=C(NC1CCc2c(F)cccc21)N1CCCN(c2ccccc2)CC1. The van der Waals surface area contributed by atoms with Crippen LogP contribution >= 0.6 is 0 Å². The number of nitrogens with one attached hydrogen (secondary N) is 1. The van der Waals surface area contributed by atoms with Crippen LogP contribution in [0, 0.1) is 5.82 Å². The molecule has 0 spiro atoms. The Hall–Kier alpha value is -2.56. The number of rotatable bonds is 2. The molecule has 4 nitrogen and oxygen atoms in total. The van der Waals surface area contributed by atoms with Gasteiger partial charge in [-0.05, 0) is 48.6 Å². The largest absolute Gasteiger partial charge is 0.370 e. The molecule has 26 heavy (non-hydrogen) atoms. The Labute approximate surface area is 153 Å². The first-order valence-corrected chi connectivity index (χ1v) is 9.35. The molecular formula is C21H24FN3O. The van der Waals surface area contributed by atoms with E-state index < -0.39 is 0 Å². The van der Waals surface area contributed by atoms with E-state index in [1.54, 1.807) is 6.07 Å². The van der Waals surface area contributed by atoms with Gasteiger partial charge in [0.05, 0.1) is 6.04 Å². The quantitative estimate of drug-likeness (QED) is 0.893. The lowest BCUT2D eigenvalue weighted by atomic mass is 10.1. The molecule has 4 rings (SSSR count). The number of amides is 2. The number of halogens is 1. The molecule has 1 heterocycles. The summed E-state index contributed by atoms with van der Waals surface area (Å²) < 4.78 is 13.9. The van der Waals surface area contributed by atoms with E-state index in [4.69, 9.17) is 0 Å². The molecule has 0 bridgehead atoms. The number of carbonyl (C=O) groups excluding carboxylic acids is 1. The highest BCUT2D eigenvalue weighted by molar-refractivity contribution is 5.75. The van der Waals surface area contributed by atoms with Gasteiger partial charge in [0.25, 0.3) is 0 Å². The molecule has 1 atom stereocenters. The maximum absolute atomic E-state index is 13.9. The molecule has 1 N–H and O–H groups in total. The third-order valence-electron chi connectivity index (χ3n) is 5.42.